The molecule has 1 aromatic rings. The van der Waals surface area contributed by atoms with E-state index in [2.05, 4.69) is 30.1 Å². The molecule has 14 heteroatoms. The normalized spacial score (nSPS) is 10.0. The van der Waals surface area contributed by atoms with Gasteiger partial charge in [-0.05, 0) is 11.6 Å². The maximum absolute atomic E-state index is 10.0. The van der Waals surface area contributed by atoms with E-state index in [1.54, 1.807) is 0 Å². The zero-order chi connectivity index (χ0) is 14.3. The number of nitrogens with zero attached hydrogens (tertiary/aromatic N) is 6. The van der Waals surface area contributed by atoms with Gasteiger partial charge in [0.05, 0.1) is 0 Å². The van der Waals surface area contributed by atoms with Gasteiger partial charge >= 0.3 is 6.01 Å². The van der Waals surface area contributed by atoms with Crippen LogP contribution in [0.3, 0.4) is 0 Å². The number of hydrogen-bond donors (Lipinski definition) is 0. The van der Waals surface area contributed by atoms with E-state index in [0.717, 1.165) is 0 Å². The van der Waals surface area contributed by atoms with E-state index in [1.165, 1.54) is 0 Å². The molecular formula is C5H5ClN6O7. The van der Waals surface area contributed by atoms with Gasteiger partial charge in [-0.2, -0.15) is 0 Å². The predicted molar refractivity (Wildman–Crippen MR) is 52.9 cm³/mol. The van der Waals surface area contributed by atoms with Crippen molar-refractivity contribution in [1.82, 2.24) is 20.4 Å². The summed E-state index contributed by atoms with van der Waals surface area (Å²) < 4.78 is 4.91. The lowest BCUT2D eigenvalue weighted by Crippen LogP contribution is -2.31. The van der Waals surface area contributed by atoms with Crippen molar-refractivity contribution in [3.8, 4) is 6.01 Å². The maximum Gasteiger partial charge on any atom is 0.355 e. The Morgan fingerprint density at radius 3 is 1.95 bits per heavy atom. The zero-order valence-electron chi connectivity index (χ0n) is 8.91. The first-order valence-electron chi connectivity index (χ1n) is 4.41. The van der Waals surface area contributed by atoms with Gasteiger partial charge < -0.3 is 14.4 Å². The van der Waals surface area contributed by atoms with Crippen LogP contribution in [0.1, 0.15) is 0 Å². The fourth-order valence-electron chi connectivity index (χ4n) is 0.808. The molecule has 0 unspecified atom stereocenters. The molecule has 19 heavy (non-hydrogen) atoms. The van der Waals surface area contributed by atoms with Crippen molar-refractivity contribution >= 4 is 11.6 Å². The van der Waals surface area contributed by atoms with Crippen molar-refractivity contribution in [2.24, 2.45) is 0 Å². The van der Waals surface area contributed by atoms with Gasteiger partial charge in [0.25, 0.3) is 15.5 Å². The van der Waals surface area contributed by atoms with Crippen molar-refractivity contribution < 1.29 is 24.6 Å². The Hall–Kier alpha value is -2.57. The Labute approximate surface area is 108 Å². The maximum atomic E-state index is 10.0. The van der Waals surface area contributed by atoms with Gasteiger partial charge in [0.1, 0.15) is 19.3 Å². The highest BCUT2D eigenvalue weighted by Gasteiger charge is 2.17. The minimum absolute atomic E-state index is 0.244. The minimum atomic E-state index is -1.21. The van der Waals surface area contributed by atoms with Crippen LogP contribution in [-0.4, -0.2) is 49.9 Å². The van der Waals surface area contributed by atoms with Crippen molar-refractivity contribution in [3.63, 3.8) is 0 Å². The molecule has 0 aliphatic carbocycles. The molecule has 0 atom stereocenters. The topological polar surface area (TPSA) is 166 Å². The molecule has 0 spiro atoms. The second-order valence-electron chi connectivity index (χ2n) is 2.73. The first-order chi connectivity index (χ1) is 8.97. The van der Waals surface area contributed by atoms with E-state index in [9.17, 15) is 20.2 Å². The molecule has 0 N–H and O–H groups in total. The van der Waals surface area contributed by atoms with Crippen molar-refractivity contribution in [2.75, 3.05) is 13.2 Å². The van der Waals surface area contributed by atoms with E-state index in [0.29, 0.717) is 0 Å². The van der Waals surface area contributed by atoms with Crippen LogP contribution in [0.2, 0.25) is 5.28 Å². The molecular weight excluding hydrogens is 292 g/mol. The molecule has 104 valence electrons. The van der Waals surface area contributed by atoms with E-state index < -0.39 is 35.5 Å². The van der Waals surface area contributed by atoms with E-state index >= 15 is 0 Å². The highest BCUT2D eigenvalue weighted by atomic mass is 35.5. The van der Waals surface area contributed by atoms with Crippen LogP contribution in [0, 0.1) is 20.2 Å². The van der Waals surface area contributed by atoms with Gasteiger partial charge in [-0.25, -0.2) is 0 Å². The third-order valence-corrected chi connectivity index (χ3v) is 1.59. The van der Waals surface area contributed by atoms with Crippen molar-refractivity contribution in [2.45, 2.75) is 6.10 Å². The summed E-state index contributed by atoms with van der Waals surface area (Å²) >= 11 is 5.32. The van der Waals surface area contributed by atoms with Crippen LogP contribution < -0.4 is 4.74 Å². The first-order valence-corrected chi connectivity index (χ1v) is 4.79. The monoisotopic (exact) mass is 296 g/mol. The standard InChI is InChI=1S/C5H5ClN6O7/c6-4-7-9-5(10-8-4)19-3(1-17-11(13)14)2-18-12(15)16/h3H,1-2H2. The van der Waals surface area contributed by atoms with Gasteiger partial charge in [-0.1, -0.05) is 10.2 Å². The SMILES string of the molecule is O=[N+]([O-])OCC(CO[N+](=O)[O-])Oc1nnc(Cl)nn1. The fraction of sp³-hybridized carbons (Fsp3) is 0.600. The number of aromatic nitrogens is 4. The van der Waals surface area contributed by atoms with Crippen LogP contribution in [-0.2, 0) is 9.68 Å². The Morgan fingerprint density at radius 1 is 1.05 bits per heavy atom. The summed E-state index contributed by atoms with van der Waals surface area (Å²) in [4.78, 5) is 28.0. The molecule has 0 aliphatic heterocycles. The summed E-state index contributed by atoms with van der Waals surface area (Å²) in [5, 5.41) is 30.9. The second kappa shape index (κ2) is 7.00. The third-order valence-electron chi connectivity index (χ3n) is 1.44. The lowest BCUT2D eigenvalue weighted by molar-refractivity contribution is -0.768. The summed E-state index contributed by atoms with van der Waals surface area (Å²) in [6, 6.07) is -0.395. The number of rotatable bonds is 8. The zero-order valence-corrected chi connectivity index (χ0v) is 9.67. The lowest BCUT2D eigenvalue weighted by Gasteiger charge is -2.14. The van der Waals surface area contributed by atoms with Crippen LogP contribution >= 0.6 is 11.6 Å². The molecule has 1 aromatic heterocycles. The molecule has 0 bridgehead atoms. The molecule has 0 radical (unpaired) electrons. The molecule has 0 fully saturated rings. The minimum Gasteiger partial charge on any atom is -0.454 e. The number of ether oxygens (including phenoxy) is 1. The number of halogens is 1. The Kier molecular flexibility index (Phi) is 5.34. The van der Waals surface area contributed by atoms with Gasteiger partial charge in [0.15, 0.2) is 0 Å². The summed E-state index contributed by atoms with van der Waals surface area (Å²) in [7, 11) is 0. The van der Waals surface area contributed by atoms with Crippen LogP contribution in [0.15, 0.2) is 0 Å². The smallest absolute Gasteiger partial charge is 0.355 e. The second-order valence-corrected chi connectivity index (χ2v) is 3.07. The predicted octanol–water partition coefficient (Wildman–Crippen LogP) is -0.916. The molecule has 0 aliphatic rings. The van der Waals surface area contributed by atoms with E-state index in [1.807, 2.05) is 0 Å². The van der Waals surface area contributed by atoms with Crippen LogP contribution in [0.5, 0.6) is 6.01 Å². The first kappa shape index (κ1) is 14.5. The molecule has 1 heterocycles. The van der Waals surface area contributed by atoms with Crippen LogP contribution in [0.25, 0.3) is 0 Å². The van der Waals surface area contributed by atoms with E-state index in [-0.39, 0.29) is 5.28 Å². The molecule has 0 saturated carbocycles. The Bertz CT molecular complexity index is 424. The molecule has 0 aromatic carbocycles. The van der Waals surface area contributed by atoms with Crippen LogP contribution in [0.4, 0.5) is 0 Å². The average Bonchev–Trinajstić information content (AvgIpc) is 2.35. The quantitative estimate of drug-likeness (QED) is 0.430. The Morgan fingerprint density at radius 2 is 1.53 bits per heavy atom. The summed E-state index contributed by atoms with van der Waals surface area (Å²) in [5.41, 5.74) is 0. The lowest BCUT2D eigenvalue weighted by atomic mass is 10.4. The molecule has 1 rings (SSSR count). The largest absolute Gasteiger partial charge is 0.454 e. The van der Waals surface area contributed by atoms with Gasteiger partial charge in [-0.15, -0.1) is 30.4 Å². The highest BCUT2D eigenvalue weighted by Crippen LogP contribution is 2.04. The van der Waals surface area contributed by atoms with E-state index in [4.69, 9.17) is 16.3 Å². The fourth-order valence-corrected chi connectivity index (χ4v) is 0.884. The summed E-state index contributed by atoms with van der Waals surface area (Å²) in [6.07, 6.45) is -1.21. The third kappa shape index (κ3) is 6.06. The van der Waals surface area contributed by atoms with Gasteiger partial charge in [-0.3, -0.25) is 0 Å². The van der Waals surface area contributed by atoms with Gasteiger partial charge in [0.2, 0.25) is 0 Å². The Balaban J connectivity index is 2.58. The molecule has 0 amide bonds. The highest BCUT2D eigenvalue weighted by molar-refractivity contribution is 6.28. The average molecular weight is 297 g/mol. The van der Waals surface area contributed by atoms with Crippen molar-refractivity contribution in [1.29, 1.82) is 0 Å². The number of hydrogen-bond acceptors (Lipinski definition) is 11. The summed E-state index contributed by atoms with van der Waals surface area (Å²) in [5.74, 6) is 0. The molecule has 0 saturated heterocycles. The molecule has 13 nitrogen and oxygen atoms in total. The van der Waals surface area contributed by atoms with Crippen molar-refractivity contribution in [3.05, 3.63) is 25.5 Å². The van der Waals surface area contributed by atoms with Gasteiger partial charge in [0, 0.05) is 0 Å². The summed E-state index contributed by atoms with van der Waals surface area (Å²) in [6.45, 7) is -1.26.